The fourth-order valence-electron chi connectivity index (χ4n) is 2.04. The highest BCUT2D eigenvalue weighted by molar-refractivity contribution is 6.03. The summed E-state index contributed by atoms with van der Waals surface area (Å²) in [7, 11) is 1.58. The van der Waals surface area contributed by atoms with Crippen molar-refractivity contribution < 1.29 is 14.6 Å². The Kier molecular flexibility index (Phi) is 6.08. The maximum Gasteiger partial charge on any atom is 0.274 e. The van der Waals surface area contributed by atoms with E-state index in [0.717, 1.165) is 0 Å². The monoisotopic (exact) mass is 330 g/mol. The second-order valence-electron chi connectivity index (χ2n) is 5.65. The molecule has 0 saturated carbocycles. The Morgan fingerprint density at radius 1 is 1.25 bits per heavy atom. The minimum Gasteiger partial charge on any atom is -0.497 e. The Morgan fingerprint density at radius 3 is 2.54 bits per heavy atom. The fraction of sp³-hybridized carbons (Fsp3) is 0.353. The molecule has 1 heterocycles. The van der Waals surface area contributed by atoms with Gasteiger partial charge >= 0.3 is 0 Å². The van der Waals surface area contributed by atoms with Gasteiger partial charge in [-0.25, -0.2) is 9.97 Å². The normalized spacial score (nSPS) is 11.9. The second kappa shape index (κ2) is 8.26. The summed E-state index contributed by atoms with van der Waals surface area (Å²) in [6.45, 7) is 3.97. The first-order chi connectivity index (χ1) is 11.5. The highest BCUT2D eigenvalue weighted by Crippen LogP contribution is 2.16. The first kappa shape index (κ1) is 17.7. The van der Waals surface area contributed by atoms with Gasteiger partial charge < -0.3 is 20.5 Å². The maximum absolute atomic E-state index is 12.3. The number of aliphatic hydroxyl groups excluding tert-OH is 1. The lowest BCUT2D eigenvalue weighted by Gasteiger charge is -2.20. The molecule has 0 saturated heterocycles. The summed E-state index contributed by atoms with van der Waals surface area (Å²) in [5.74, 6) is 1.10. The van der Waals surface area contributed by atoms with Gasteiger partial charge in [0.2, 0.25) is 0 Å². The molecule has 2 aromatic rings. The molecule has 128 valence electrons. The minimum absolute atomic E-state index is 0.0188. The molecule has 7 heteroatoms. The molecule has 3 N–H and O–H groups in total. The molecule has 1 amide bonds. The Bertz CT molecular complexity index is 674. The lowest BCUT2D eigenvalue weighted by atomic mass is 10.1. The predicted molar refractivity (Wildman–Crippen MR) is 92.3 cm³/mol. The van der Waals surface area contributed by atoms with Crippen LogP contribution in [0.15, 0.2) is 36.7 Å². The standard InChI is InChI=1S/C17H22N4O3/c1-11(2)15(9-22)21-16-8-14(18-10-19-16)17(23)20-12-4-6-13(24-3)7-5-12/h4-8,10-11,15,22H,9H2,1-3H3,(H,20,23)(H,18,19,21)/t15-/m0/s1. The average Bonchev–Trinajstić information content (AvgIpc) is 2.60. The number of hydrogen-bond donors (Lipinski definition) is 3. The lowest BCUT2D eigenvalue weighted by molar-refractivity contribution is 0.102. The maximum atomic E-state index is 12.3. The van der Waals surface area contributed by atoms with Gasteiger partial charge in [0.1, 0.15) is 23.6 Å². The van der Waals surface area contributed by atoms with Crippen LogP contribution in [0.1, 0.15) is 24.3 Å². The first-order valence-corrected chi connectivity index (χ1v) is 7.68. The van der Waals surface area contributed by atoms with E-state index in [0.29, 0.717) is 17.3 Å². The van der Waals surface area contributed by atoms with Crippen LogP contribution in [-0.4, -0.2) is 40.7 Å². The Labute approximate surface area is 141 Å². The van der Waals surface area contributed by atoms with E-state index in [1.54, 1.807) is 37.4 Å². The number of carbonyl (C=O) groups excluding carboxylic acids is 1. The summed E-state index contributed by atoms with van der Waals surface area (Å²) in [5.41, 5.74) is 0.883. The van der Waals surface area contributed by atoms with Gasteiger partial charge in [0.15, 0.2) is 0 Å². The van der Waals surface area contributed by atoms with E-state index in [-0.39, 0.29) is 30.2 Å². The van der Waals surface area contributed by atoms with E-state index in [1.165, 1.54) is 6.33 Å². The van der Waals surface area contributed by atoms with Crippen molar-refractivity contribution in [2.24, 2.45) is 5.92 Å². The molecule has 2 rings (SSSR count). The first-order valence-electron chi connectivity index (χ1n) is 7.68. The topological polar surface area (TPSA) is 96.4 Å². The number of nitrogens with zero attached hydrogens (tertiary/aromatic N) is 2. The molecule has 24 heavy (non-hydrogen) atoms. The van der Waals surface area contributed by atoms with E-state index in [9.17, 15) is 9.90 Å². The van der Waals surface area contributed by atoms with E-state index in [4.69, 9.17) is 4.74 Å². The molecular formula is C17H22N4O3. The van der Waals surface area contributed by atoms with Crippen LogP contribution in [-0.2, 0) is 0 Å². The lowest BCUT2D eigenvalue weighted by Crippen LogP contribution is -2.30. The highest BCUT2D eigenvalue weighted by Gasteiger charge is 2.14. The van der Waals surface area contributed by atoms with Crippen molar-refractivity contribution >= 4 is 17.4 Å². The largest absolute Gasteiger partial charge is 0.497 e. The molecule has 1 aromatic carbocycles. The molecule has 0 radical (unpaired) electrons. The van der Waals surface area contributed by atoms with E-state index < -0.39 is 0 Å². The third kappa shape index (κ3) is 4.66. The van der Waals surface area contributed by atoms with Gasteiger partial charge in [0.05, 0.1) is 19.8 Å². The molecular weight excluding hydrogens is 308 g/mol. The molecule has 0 aliphatic carbocycles. The summed E-state index contributed by atoms with van der Waals surface area (Å²) in [4.78, 5) is 20.4. The number of amides is 1. The number of carbonyl (C=O) groups is 1. The molecule has 0 fully saturated rings. The number of rotatable bonds is 7. The summed E-state index contributed by atoms with van der Waals surface area (Å²) >= 11 is 0. The molecule has 7 nitrogen and oxygen atoms in total. The second-order valence-corrected chi connectivity index (χ2v) is 5.65. The molecule has 1 atom stereocenters. The Balaban J connectivity index is 2.07. The predicted octanol–water partition coefficient (Wildman–Crippen LogP) is 2.17. The van der Waals surface area contributed by atoms with Gasteiger partial charge in [0.25, 0.3) is 5.91 Å². The number of anilines is 2. The number of hydrogen-bond acceptors (Lipinski definition) is 6. The van der Waals surface area contributed by atoms with Crippen molar-refractivity contribution in [1.82, 2.24) is 9.97 Å². The van der Waals surface area contributed by atoms with Gasteiger partial charge in [-0.2, -0.15) is 0 Å². The third-order valence-corrected chi connectivity index (χ3v) is 3.58. The zero-order valence-electron chi connectivity index (χ0n) is 14.0. The van der Waals surface area contributed by atoms with E-state index in [2.05, 4.69) is 20.6 Å². The molecule has 0 aliphatic rings. The van der Waals surface area contributed by atoms with Crippen molar-refractivity contribution in [1.29, 1.82) is 0 Å². The van der Waals surface area contributed by atoms with Crippen molar-refractivity contribution in [2.75, 3.05) is 24.4 Å². The third-order valence-electron chi connectivity index (χ3n) is 3.58. The van der Waals surface area contributed by atoms with Gasteiger partial charge in [-0.3, -0.25) is 4.79 Å². The van der Waals surface area contributed by atoms with Crippen LogP contribution >= 0.6 is 0 Å². The van der Waals surface area contributed by atoms with Gasteiger partial charge in [0, 0.05) is 11.8 Å². The Morgan fingerprint density at radius 2 is 1.96 bits per heavy atom. The number of methoxy groups -OCH3 is 1. The minimum atomic E-state index is -0.337. The number of aliphatic hydroxyl groups is 1. The van der Waals surface area contributed by atoms with Gasteiger partial charge in [-0.05, 0) is 30.2 Å². The van der Waals surface area contributed by atoms with Crippen molar-refractivity contribution in [3.8, 4) is 5.75 Å². The molecule has 0 unspecified atom stereocenters. The number of ether oxygens (including phenoxy) is 1. The fourth-order valence-corrected chi connectivity index (χ4v) is 2.04. The summed E-state index contributed by atoms with van der Waals surface area (Å²) in [5, 5.41) is 15.2. The summed E-state index contributed by atoms with van der Waals surface area (Å²) in [6.07, 6.45) is 1.32. The van der Waals surface area contributed by atoms with Crippen LogP contribution in [0.3, 0.4) is 0 Å². The van der Waals surface area contributed by atoms with Crippen molar-refractivity contribution in [3.63, 3.8) is 0 Å². The van der Waals surface area contributed by atoms with Gasteiger partial charge in [-0.15, -0.1) is 0 Å². The molecule has 0 spiro atoms. The zero-order valence-corrected chi connectivity index (χ0v) is 14.0. The Hall–Kier alpha value is -2.67. The molecule has 1 aromatic heterocycles. The van der Waals surface area contributed by atoms with E-state index >= 15 is 0 Å². The molecule has 0 bridgehead atoms. The zero-order chi connectivity index (χ0) is 17.5. The highest BCUT2D eigenvalue weighted by atomic mass is 16.5. The summed E-state index contributed by atoms with van der Waals surface area (Å²) in [6, 6.07) is 8.44. The van der Waals surface area contributed by atoms with Gasteiger partial charge in [-0.1, -0.05) is 13.8 Å². The summed E-state index contributed by atoms with van der Waals surface area (Å²) < 4.78 is 5.08. The van der Waals surface area contributed by atoms with Crippen LogP contribution < -0.4 is 15.4 Å². The van der Waals surface area contributed by atoms with Crippen molar-refractivity contribution in [3.05, 3.63) is 42.4 Å². The van der Waals surface area contributed by atoms with Crippen LogP contribution in [0.4, 0.5) is 11.5 Å². The average molecular weight is 330 g/mol. The van der Waals surface area contributed by atoms with Crippen LogP contribution in [0.5, 0.6) is 5.75 Å². The number of nitrogens with one attached hydrogen (secondary N) is 2. The van der Waals surface area contributed by atoms with Crippen LogP contribution in [0, 0.1) is 5.92 Å². The SMILES string of the molecule is COc1ccc(NC(=O)c2cc(N[C@@H](CO)C(C)C)ncn2)cc1. The van der Waals surface area contributed by atoms with E-state index in [1.807, 2.05) is 13.8 Å². The van der Waals surface area contributed by atoms with Crippen molar-refractivity contribution in [2.45, 2.75) is 19.9 Å². The number of aromatic nitrogens is 2. The van der Waals surface area contributed by atoms with Crippen LogP contribution in [0.25, 0.3) is 0 Å². The quantitative estimate of drug-likeness (QED) is 0.720. The smallest absolute Gasteiger partial charge is 0.274 e. The van der Waals surface area contributed by atoms with Crippen LogP contribution in [0.2, 0.25) is 0 Å². The molecule has 0 aliphatic heterocycles. The number of benzene rings is 1.